The van der Waals surface area contributed by atoms with E-state index in [-0.39, 0.29) is 6.10 Å². The summed E-state index contributed by atoms with van der Waals surface area (Å²) >= 11 is 0. The third-order valence-corrected chi connectivity index (χ3v) is 2.25. The van der Waals surface area contributed by atoms with E-state index in [0.717, 1.165) is 6.54 Å². The third kappa shape index (κ3) is 9.84. The minimum absolute atomic E-state index is 0.224. The molecule has 0 aromatic carbocycles. The van der Waals surface area contributed by atoms with Crippen molar-refractivity contribution in [3.05, 3.63) is 0 Å². The molecule has 0 fully saturated rings. The Bertz CT molecular complexity index is 104. The van der Waals surface area contributed by atoms with E-state index in [1.54, 1.807) is 0 Å². The minimum atomic E-state index is -0.224. The summed E-state index contributed by atoms with van der Waals surface area (Å²) in [6, 6.07) is 0.548. The maximum absolute atomic E-state index is 9.05. The average Bonchev–Trinajstić information content (AvgIpc) is 2.09. The molecule has 80 valence electrons. The monoisotopic (exact) mass is 187 g/mol. The zero-order valence-corrected chi connectivity index (χ0v) is 9.34. The fourth-order valence-corrected chi connectivity index (χ4v) is 1.35. The van der Waals surface area contributed by atoms with Crippen LogP contribution in [0.15, 0.2) is 0 Å². The number of aliphatic hydroxyl groups is 1. The van der Waals surface area contributed by atoms with Gasteiger partial charge in [0, 0.05) is 12.6 Å². The molecule has 13 heavy (non-hydrogen) atoms. The van der Waals surface area contributed by atoms with Crippen LogP contribution in [0.2, 0.25) is 0 Å². The van der Waals surface area contributed by atoms with Crippen molar-refractivity contribution in [3.63, 3.8) is 0 Å². The van der Waals surface area contributed by atoms with Gasteiger partial charge in [0.2, 0.25) is 0 Å². The molecule has 2 nitrogen and oxygen atoms in total. The van der Waals surface area contributed by atoms with Crippen LogP contribution in [0, 0.1) is 0 Å². The van der Waals surface area contributed by atoms with E-state index in [0.29, 0.717) is 6.04 Å². The van der Waals surface area contributed by atoms with Crippen LogP contribution in [0.5, 0.6) is 0 Å². The van der Waals surface area contributed by atoms with Gasteiger partial charge in [-0.2, -0.15) is 0 Å². The number of rotatable bonds is 8. The predicted molar refractivity (Wildman–Crippen MR) is 57.9 cm³/mol. The summed E-state index contributed by atoms with van der Waals surface area (Å²) in [6.45, 7) is 6.95. The summed E-state index contributed by atoms with van der Waals surface area (Å²) in [5.41, 5.74) is 0. The van der Waals surface area contributed by atoms with Crippen molar-refractivity contribution < 1.29 is 5.11 Å². The molecule has 0 aromatic rings. The molecule has 2 atom stereocenters. The van der Waals surface area contributed by atoms with Crippen molar-refractivity contribution in [2.24, 2.45) is 0 Å². The van der Waals surface area contributed by atoms with Crippen molar-refractivity contribution >= 4 is 0 Å². The topological polar surface area (TPSA) is 32.3 Å². The number of nitrogens with one attached hydrogen (secondary N) is 1. The van der Waals surface area contributed by atoms with Crippen LogP contribution >= 0.6 is 0 Å². The molecule has 2 heteroatoms. The first-order chi connectivity index (χ1) is 6.16. The molecule has 0 heterocycles. The van der Waals surface area contributed by atoms with Gasteiger partial charge in [-0.15, -0.1) is 0 Å². The van der Waals surface area contributed by atoms with Gasteiger partial charge in [-0.05, 0) is 20.3 Å². The highest BCUT2D eigenvalue weighted by molar-refractivity contribution is 4.62. The van der Waals surface area contributed by atoms with Crippen molar-refractivity contribution in [2.45, 2.75) is 65.0 Å². The van der Waals surface area contributed by atoms with Gasteiger partial charge in [-0.1, -0.05) is 32.6 Å². The largest absolute Gasteiger partial charge is 0.392 e. The molecule has 0 amide bonds. The Morgan fingerprint density at radius 3 is 2.38 bits per heavy atom. The van der Waals surface area contributed by atoms with Crippen LogP contribution in [-0.4, -0.2) is 23.8 Å². The van der Waals surface area contributed by atoms with Crippen molar-refractivity contribution in [3.8, 4) is 0 Å². The maximum atomic E-state index is 9.05. The average molecular weight is 187 g/mol. The van der Waals surface area contributed by atoms with E-state index >= 15 is 0 Å². The van der Waals surface area contributed by atoms with Gasteiger partial charge in [-0.25, -0.2) is 0 Å². The lowest BCUT2D eigenvalue weighted by atomic mass is 10.1. The summed E-state index contributed by atoms with van der Waals surface area (Å²) in [7, 11) is 0. The molecule has 0 radical (unpaired) electrons. The zero-order valence-electron chi connectivity index (χ0n) is 9.34. The molecule has 0 aliphatic heterocycles. The van der Waals surface area contributed by atoms with Gasteiger partial charge in [0.25, 0.3) is 0 Å². The molecular formula is C11H25NO. The van der Waals surface area contributed by atoms with Crippen LogP contribution in [0.4, 0.5) is 0 Å². The first-order valence-electron chi connectivity index (χ1n) is 5.58. The Balaban J connectivity index is 3.15. The van der Waals surface area contributed by atoms with Gasteiger partial charge in [0.05, 0.1) is 6.10 Å². The van der Waals surface area contributed by atoms with Crippen molar-refractivity contribution in [1.82, 2.24) is 5.32 Å². The Morgan fingerprint density at radius 2 is 1.85 bits per heavy atom. The fourth-order valence-electron chi connectivity index (χ4n) is 1.35. The number of hydrogen-bond acceptors (Lipinski definition) is 2. The molecule has 0 rings (SSSR count). The summed E-state index contributed by atoms with van der Waals surface area (Å²) in [5, 5.41) is 12.4. The first-order valence-corrected chi connectivity index (χ1v) is 5.58. The van der Waals surface area contributed by atoms with E-state index < -0.39 is 0 Å². The Labute approximate surface area is 82.7 Å². The fraction of sp³-hybridized carbons (Fsp3) is 1.00. The normalized spacial score (nSPS) is 15.7. The summed E-state index contributed by atoms with van der Waals surface area (Å²) in [5.74, 6) is 0. The van der Waals surface area contributed by atoms with E-state index in [1.165, 1.54) is 32.1 Å². The Morgan fingerprint density at radius 1 is 1.15 bits per heavy atom. The Kier molecular flexibility index (Phi) is 8.46. The SMILES string of the molecule is CCCCCCC(C)NCC(C)O. The van der Waals surface area contributed by atoms with Crippen LogP contribution in [0.3, 0.4) is 0 Å². The quantitative estimate of drug-likeness (QED) is 0.572. The third-order valence-electron chi connectivity index (χ3n) is 2.25. The summed E-state index contributed by atoms with van der Waals surface area (Å²) in [4.78, 5) is 0. The molecule has 0 saturated heterocycles. The molecular weight excluding hydrogens is 162 g/mol. The van der Waals surface area contributed by atoms with Crippen LogP contribution in [0.25, 0.3) is 0 Å². The van der Waals surface area contributed by atoms with Gasteiger partial charge in [0.15, 0.2) is 0 Å². The molecule has 0 aliphatic rings. The highest BCUT2D eigenvalue weighted by atomic mass is 16.3. The number of unbranched alkanes of at least 4 members (excludes halogenated alkanes) is 3. The van der Waals surface area contributed by atoms with Crippen molar-refractivity contribution in [2.75, 3.05) is 6.54 Å². The highest BCUT2D eigenvalue weighted by Crippen LogP contribution is 2.04. The molecule has 0 aliphatic carbocycles. The number of aliphatic hydroxyl groups excluding tert-OH is 1. The van der Waals surface area contributed by atoms with E-state index in [1.807, 2.05) is 6.92 Å². The van der Waals surface area contributed by atoms with Crippen molar-refractivity contribution in [1.29, 1.82) is 0 Å². The lowest BCUT2D eigenvalue weighted by molar-refractivity contribution is 0.186. The van der Waals surface area contributed by atoms with Crippen LogP contribution in [-0.2, 0) is 0 Å². The zero-order chi connectivity index (χ0) is 10.1. The highest BCUT2D eigenvalue weighted by Gasteiger charge is 2.02. The van der Waals surface area contributed by atoms with Gasteiger partial charge in [-0.3, -0.25) is 0 Å². The Hall–Kier alpha value is -0.0800. The summed E-state index contributed by atoms with van der Waals surface area (Å²) in [6.07, 6.45) is 6.31. The molecule has 2 unspecified atom stereocenters. The van der Waals surface area contributed by atoms with E-state index in [2.05, 4.69) is 19.2 Å². The van der Waals surface area contributed by atoms with E-state index in [9.17, 15) is 0 Å². The minimum Gasteiger partial charge on any atom is -0.392 e. The van der Waals surface area contributed by atoms with Gasteiger partial charge in [0.1, 0.15) is 0 Å². The van der Waals surface area contributed by atoms with Crippen LogP contribution in [0.1, 0.15) is 52.9 Å². The molecule has 0 bridgehead atoms. The number of hydrogen-bond donors (Lipinski definition) is 2. The van der Waals surface area contributed by atoms with Gasteiger partial charge >= 0.3 is 0 Å². The predicted octanol–water partition coefficient (Wildman–Crippen LogP) is 2.32. The molecule has 0 spiro atoms. The second-order valence-electron chi connectivity index (χ2n) is 4.01. The second-order valence-corrected chi connectivity index (χ2v) is 4.01. The first kappa shape index (κ1) is 12.9. The lowest BCUT2D eigenvalue weighted by Crippen LogP contribution is -2.32. The summed E-state index contributed by atoms with van der Waals surface area (Å²) < 4.78 is 0. The van der Waals surface area contributed by atoms with Gasteiger partial charge < -0.3 is 10.4 Å². The molecule has 2 N–H and O–H groups in total. The van der Waals surface area contributed by atoms with Crippen LogP contribution < -0.4 is 5.32 Å². The maximum Gasteiger partial charge on any atom is 0.0636 e. The van der Waals surface area contributed by atoms with E-state index in [4.69, 9.17) is 5.11 Å². The molecule has 0 saturated carbocycles. The second kappa shape index (κ2) is 8.52. The lowest BCUT2D eigenvalue weighted by Gasteiger charge is -2.14. The smallest absolute Gasteiger partial charge is 0.0636 e. The standard InChI is InChI=1S/C11H25NO/c1-4-5-6-7-8-10(2)12-9-11(3)13/h10-13H,4-9H2,1-3H3. The molecule has 0 aromatic heterocycles.